The molecule has 0 aliphatic carbocycles. The number of carbonyl (C=O) groups excluding carboxylic acids is 1. The Morgan fingerprint density at radius 2 is 2.18 bits per heavy atom. The van der Waals surface area contributed by atoms with E-state index in [1.54, 1.807) is 12.3 Å². The van der Waals surface area contributed by atoms with Crippen molar-refractivity contribution in [3.63, 3.8) is 0 Å². The van der Waals surface area contributed by atoms with E-state index in [-0.39, 0.29) is 11.4 Å². The fourth-order valence-electron chi connectivity index (χ4n) is 2.03. The zero-order valence-corrected chi connectivity index (χ0v) is 10.7. The second-order valence-corrected chi connectivity index (χ2v) is 5.10. The van der Waals surface area contributed by atoms with Gasteiger partial charge in [-0.1, -0.05) is 0 Å². The SMILES string of the molecule is CCN(C(=O)c1cc2occc2[nH]1)C(C)(C)C. The number of H-pyrrole nitrogens is 1. The summed E-state index contributed by atoms with van der Waals surface area (Å²) in [4.78, 5) is 17.3. The van der Waals surface area contributed by atoms with Crippen LogP contribution in [0.25, 0.3) is 11.1 Å². The highest BCUT2D eigenvalue weighted by Crippen LogP contribution is 2.20. The average Bonchev–Trinajstić information content (AvgIpc) is 2.74. The number of carbonyl (C=O) groups is 1. The van der Waals surface area contributed by atoms with Crippen molar-refractivity contribution in [2.45, 2.75) is 33.2 Å². The Hall–Kier alpha value is -1.71. The third kappa shape index (κ3) is 2.07. The summed E-state index contributed by atoms with van der Waals surface area (Å²) in [5.41, 5.74) is 1.98. The van der Waals surface area contributed by atoms with Gasteiger partial charge in [-0.15, -0.1) is 0 Å². The van der Waals surface area contributed by atoms with E-state index in [4.69, 9.17) is 4.42 Å². The summed E-state index contributed by atoms with van der Waals surface area (Å²) in [5.74, 6) is 0.00593. The number of amides is 1. The van der Waals surface area contributed by atoms with Gasteiger partial charge in [0.2, 0.25) is 0 Å². The van der Waals surface area contributed by atoms with Gasteiger partial charge in [-0.2, -0.15) is 0 Å². The van der Waals surface area contributed by atoms with Crippen LogP contribution in [0.15, 0.2) is 22.8 Å². The van der Waals surface area contributed by atoms with Crippen molar-refractivity contribution >= 4 is 17.0 Å². The molecule has 4 heteroatoms. The van der Waals surface area contributed by atoms with Crippen LogP contribution in [0.3, 0.4) is 0 Å². The van der Waals surface area contributed by atoms with Crippen LogP contribution in [-0.2, 0) is 0 Å². The van der Waals surface area contributed by atoms with Gasteiger partial charge in [0.15, 0.2) is 5.58 Å². The van der Waals surface area contributed by atoms with E-state index in [0.717, 1.165) is 11.1 Å². The maximum Gasteiger partial charge on any atom is 0.270 e. The third-order valence-corrected chi connectivity index (χ3v) is 2.84. The lowest BCUT2D eigenvalue weighted by atomic mass is 10.1. The minimum absolute atomic E-state index is 0.00593. The highest BCUT2D eigenvalue weighted by atomic mass is 16.3. The summed E-state index contributed by atoms with van der Waals surface area (Å²) in [6.07, 6.45) is 1.61. The zero-order valence-electron chi connectivity index (χ0n) is 10.7. The first-order valence-electron chi connectivity index (χ1n) is 5.81. The van der Waals surface area contributed by atoms with Gasteiger partial charge in [0.1, 0.15) is 5.69 Å². The largest absolute Gasteiger partial charge is 0.463 e. The smallest absolute Gasteiger partial charge is 0.270 e. The Bertz CT molecular complexity index is 502. The van der Waals surface area contributed by atoms with Gasteiger partial charge >= 0.3 is 0 Å². The average molecular weight is 234 g/mol. The molecule has 2 heterocycles. The van der Waals surface area contributed by atoms with Crippen LogP contribution in [0.2, 0.25) is 0 Å². The monoisotopic (exact) mass is 234 g/mol. The molecule has 0 fully saturated rings. The molecule has 0 spiro atoms. The molecule has 0 radical (unpaired) electrons. The number of nitrogens with one attached hydrogen (secondary N) is 1. The van der Waals surface area contributed by atoms with Crippen molar-refractivity contribution in [3.05, 3.63) is 24.1 Å². The molecule has 0 atom stereocenters. The van der Waals surface area contributed by atoms with E-state index >= 15 is 0 Å². The number of rotatable bonds is 2. The third-order valence-electron chi connectivity index (χ3n) is 2.84. The van der Waals surface area contributed by atoms with Crippen molar-refractivity contribution in [2.24, 2.45) is 0 Å². The topological polar surface area (TPSA) is 49.2 Å². The number of hydrogen-bond donors (Lipinski definition) is 1. The van der Waals surface area contributed by atoms with Gasteiger partial charge in [-0.25, -0.2) is 0 Å². The Balaban J connectivity index is 2.33. The lowest BCUT2D eigenvalue weighted by molar-refractivity contribution is 0.0593. The molecule has 2 aromatic heterocycles. The number of nitrogens with zero attached hydrogens (tertiary/aromatic N) is 1. The fraction of sp³-hybridized carbons (Fsp3) is 0.462. The van der Waals surface area contributed by atoms with E-state index in [0.29, 0.717) is 12.2 Å². The molecule has 4 nitrogen and oxygen atoms in total. The molecule has 0 saturated carbocycles. The molecule has 0 unspecified atom stereocenters. The first-order valence-corrected chi connectivity index (χ1v) is 5.81. The molecule has 17 heavy (non-hydrogen) atoms. The normalized spacial score (nSPS) is 12.0. The van der Waals surface area contributed by atoms with E-state index in [9.17, 15) is 4.79 Å². The maximum absolute atomic E-state index is 12.3. The summed E-state index contributed by atoms with van der Waals surface area (Å²) in [7, 11) is 0. The number of aromatic nitrogens is 1. The van der Waals surface area contributed by atoms with Gasteiger partial charge in [-0.05, 0) is 27.7 Å². The second-order valence-electron chi connectivity index (χ2n) is 5.10. The Labute approximate surface area is 101 Å². The van der Waals surface area contributed by atoms with Crippen LogP contribution in [0, 0.1) is 0 Å². The molecule has 1 amide bonds. The first-order chi connectivity index (χ1) is 7.93. The van der Waals surface area contributed by atoms with Crippen molar-refractivity contribution in [3.8, 4) is 0 Å². The molecule has 0 bridgehead atoms. The van der Waals surface area contributed by atoms with E-state index in [1.807, 2.05) is 38.7 Å². The summed E-state index contributed by atoms with van der Waals surface area (Å²) in [6.45, 7) is 8.75. The fourth-order valence-corrected chi connectivity index (χ4v) is 2.03. The quantitative estimate of drug-likeness (QED) is 0.868. The van der Waals surface area contributed by atoms with Gasteiger partial charge in [0.05, 0.1) is 11.8 Å². The Morgan fingerprint density at radius 3 is 2.71 bits per heavy atom. The lowest BCUT2D eigenvalue weighted by Crippen LogP contribution is -2.45. The van der Waals surface area contributed by atoms with Crippen LogP contribution in [0.5, 0.6) is 0 Å². The van der Waals surface area contributed by atoms with Crippen LogP contribution < -0.4 is 0 Å². The van der Waals surface area contributed by atoms with Crippen LogP contribution >= 0.6 is 0 Å². The first kappa shape index (κ1) is 11.8. The van der Waals surface area contributed by atoms with Gasteiger partial charge in [0.25, 0.3) is 5.91 Å². The summed E-state index contributed by atoms with van der Waals surface area (Å²) in [6, 6.07) is 3.57. The number of furan rings is 1. The van der Waals surface area contributed by atoms with Crippen molar-refractivity contribution in [2.75, 3.05) is 6.54 Å². The molecule has 92 valence electrons. The standard InChI is InChI=1S/C13H18N2O2/c1-5-15(13(2,3)4)12(16)10-8-11-9(14-10)6-7-17-11/h6-8,14H,5H2,1-4H3. The van der Waals surface area contributed by atoms with Gasteiger partial charge in [-0.3, -0.25) is 4.79 Å². The molecule has 2 aromatic rings. The lowest BCUT2D eigenvalue weighted by Gasteiger charge is -2.34. The van der Waals surface area contributed by atoms with E-state index in [1.165, 1.54) is 0 Å². The Morgan fingerprint density at radius 1 is 1.47 bits per heavy atom. The minimum Gasteiger partial charge on any atom is -0.463 e. The van der Waals surface area contributed by atoms with Crippen molar-refractivity contribution in [1.29, 1.82) is 0 Å². The minimum atomic E-state index is -0.182. The highest BCUT2D eigenvalue weighted by molar-refractivity contribution is 5.97. The van der Waals surface area contributed by atoms with Gasteiger partial charge in [0, 0.05) is 24.2 Å². The summed E-state index contributed by atoms with van der Waals surface area (Å²) in [5, 5.41) is 0. The highest BCUT2D eigenvalue weighted by Gasteiger charge is 2.27. The van der Waals surface area contributed by atoms with E-state index < -0.39 is 0 Å². The van der Waals surface area contributed by atoms with Crippen molar-refractivity contribution < 1.29 is 9.21 Å². The molecular weight excluding hydrogens is 216 g/mol. The maximum atomic E-state index is 12.3. The molecule has 0 aromatic carbocycles. The molecule has 2 rings (SSSR count). The number of hydrogen-bond acceptors (Lipinski definition) is 2. The van der Waals surface area contributed by atoms with Crippen LogP contribution in [0.4, 0.5) is 0 Å². The Kier molecular flexibility index (Phi) is 2.73. The van der Waals surface area contributed by atoms with Crippen molar-refractivity contribution in [1.82, 2.24) is 9.88 Å². The molecule has 0 aliphatic heterocycles. The van der Waals surface area contributed by atoms with Gasteiger partial charge < -0.3 is 14.3 Å². The predicted molar refractivity (Wildman–Crippen MR) is 67.0 cm³/mol. The second kappa shape index (κ2) is 3.95. The molecule has 0 saturated heterocycles. The molecular formula is C13H18N2O2. The number of aromatic amines is 1. The van der Waals surface area contributed by atoms with E-state index in [2.05, 4.69) is 4.98 Å². The number of fused-ring (bicyclic) bond motifs is 1. The molecule has 1 N–H and O–H groups in total. The van der Waals surface area contributed by atoms with Crippen LogP contribution in [-0.4, -0.2) is 27.9 Å². The zero-order chi connectivity index (χ0) is 12.6. The predicted octanol–water partition coefficient (Wildman–Crippen LogP) is 3.02. The summed E-state index contributed by atoms with van der Waals surface area (Å²) >= 11 is 0. The van der Waals surface area contributed by atoms with Crippen LogP contribution in [0.1, 0.15) is 38.2 Å². The summed E-state index contributed by atoms with van der Waals surface area (Å²) < 4.78 is 5.25. The molecule has 0 aliphatic rings.